The van der Waals surface area contributed by atoms with Gasteiger partial charge in [-0.3, -0.25) is 0 Å². The maximum atomic E-state index is 6.61. The summed E-state index contributed by atoms with van der Waals surface area (Å²) in [5.74, 6) is 0. The Labute approximate surface area is 120 Å². The molecule has 3 heteroatoms. The van der Waals surface area contributed by atoms with Gasteiger partial charge in [-0.15, -0.1) is 22.9 Å². The largest absolute Gasteiger partial charge is 0.143 e. The van der Waals surface area contributed by atoms with Crippen LogP contribution in [0.15, 0.2) is 28.7 Å². The Morgan fingerprint density at radius 2 is 1.88 bits per heavy atom. The first-order valence-electron chi connectivity index (χ1n) is 5.46. The molecule has 0 spiro atoms. The van der Waals surface area contributed by atoms with Crippen LogP contribution in [-0.2, 0) is 0 Å². The van der Waals surface area contributed by atoms with Crippen LogP contribution in [0.25, 0.3) is 0 Å². The van der Waals surface area contributed by atoms with Gasteiger partial charge in [0.05, 0.1) is 5.38 Å². The average molecular weight is 330 g/mol. The number of thiophene rings is 1. The Morgan fingerprint density at radius 3 is 2.47 bits per heavy atom. The summed E-state index contributed by atoms with van der Waals surface area (Å²) < 4.78 is 1.12. The predicted octanol–water partition coefficient (Wildman–Crippen LogP) is 5.76. The van der Waals surface area contributed by atoms with Gasteiger partial charge in [0.15, 0.2) is 0 Å². The van der Waals surface area contributed by atoms with Crippen LogP contribution in [0.2, 0.25) is 0 Å². The van der Waals surface area contributed by atoms with E-state index in [1.807, 2.05) is 0 Å². The molecule has 0 aliphatic carbocycles. The summed E-state index contributed by atoms with van der Waals surface area (Å²) in [5.41, 5.74) is 3.65. The molecule has 0 nitrogen and oxygen atoms in total. The standard InChI is InChI=1S/C14H14BrClS/c1-8-5-4-6-11(12(8)15)13(16)14-9(2)7-10(3)17-14/h4-7,13H,1-3H3. The van der Waals surface area contributed by atoms with Crippen LogP contribution < -0.4 is 0 Å². The van der Waals surface area contributed by atoms with Crippen molar-refractivity contribution >= 4 is 38.9 Å². The van der Waals surface area contributed by atoms with Gasteiger partial charge in [0.25, 0.3) is 0 Å². The SMILES string of the molecule is Cc1cc(C)c(C(Cl)c2cccc(C)c2Br)s1. The third-order valence-electron chi connectivity index (χ3n) is 2.80. The summed E-state index contributed by atoms with van der Waals surface area (Å²) in [6.07, 6.45) is 0. The van der Waals surface area contributed by atoms with E-state index < -0.39 is 0 Å². The first kappa shape index (κ1) is 13.1. The molecular weight excluding hydrogens is 316 g/mol. The van der Waals surface area contributed by atoms with Crippen molar-refractivity contribution in [2.45, 2.75) is 26.1 Å². The number of alkyl halides is 1. The normalized spacial score (nSPS) is 12.8. The fourth-order valence-corrected chi connectivity index (χ4v) is 4.06. The summed E-state index contributed by atoms with van der Waals surface area (Å²) in [7, 11) is 0. The van der Waals surface area contributed by atoms with Crippen molar-refractivity contribution in [3.63, 3.8) is 0 Å². The zero-order valence-corrected chi connectivity index (χ0v) is 13.2. The third kappa shape index (κ3) is 2.59. The van der Waals surface area contributed by atoms with E-state index in [2.05, 4.69) is 61.0 Å². The molecule has 1 unspecified atom stereocenters. The Balaban J connectivity index is 2.47. The first-order chi connectivity index (χ1) is 8.00. The highest BCUT2D eigenvalue weighted by Crippen LogP contribution is 2.40. The number of hydrogen-bond donors (Lipinski definition) is 0. The summed E-state index contributed by atoms with van der Waals surface area (Å²) >= 11 is 12.0. The van der Waals surface area contributed by atoms with Gasteiger partial charge in [-0.05, 0) is 43.5 Å². The number of benzene rings is 1. The molecule has 1 aromatic carbocycles. The van der Waals surface area contributed by atoms with Crippen LogP contribution in [0, 0.1) is 20.8 Å². The number of hydrogen-bond acceptors (Lipinski definition) is 1. The van der Waals surface area contributed by atoms with Crippen LogP contribution in [0.3, 0.4) is 0 Å². The second-order valence-corrected chi connectivity index (χ2v) is 6.76. The molecule has 0 bridgehead atoms. The lowest BCUT2D eigenvalue weighted by molar-refractivity contribution is 1.13. The Hall–Kier alpha value is -0.310. The number of rotatable bonds is 2. The molecule has 2 aromatic rings. The molecule has 2 rings (SSSR count). The zero-order chi connectivity index (χ0) is 12.6. The Kier molecular flexibility index (Phi) is 3.96. The molecule has 0 aliphatic heterocycles. The molecule has 0 radical (unpaired) electrons. The summed E-state index contributed by atoms with van der Waals surface area (Å²) in [4.78, 5) is 2.56. The fraction of sp³-hybridized carbons (Fsp3) is 0.286. The molecule has 1 atom stereocenters. The second kappa shape index (κ2) is 5.13. The summed E-state index contributed by atoms with van der Waals surface area (Å²) in [5, 5.41) is -0.0667. The lowest BCUT2D eigenvalue weighted by Gasteiger charge is -2.13. The van der Waals surface area contributed by atoms with E-state index in [1.54, 1.807) is 11.3 Å². The quantitative estimate of drug-likeness (QED) is 0.614. The van der Waals surface area contributed by atoms with Crippen molar-refractivity contribution in [1.82, 2.24) is 0 Å². The van der Waals surface area contributed by atoms with Crippen LogP contribution in [0.1, 0.15) is 31.8 Å². The minimum Gasteiger partial charge on any atom is -0.143 e. The molecule has 0 N–H and O–H groups in total. The van der Waals surface area contributed by atoms with Crippen molar-refractivity contribution < 1.29 is 0 Å². The van der Waals surface area contributed by atoms with E-state index in [0.29, 0.717) is 0 Å². The van der Waals surface area contributed by atoms with Gasteiger partial charge in [0.1, 0.15) is 0 Å². The average Bonchev–Trinajstić information content (AvgIpc) is 2.61. The lowest BCUT2D eigenvalue weighted by Crippen LogP contribution is -1.95. The highest BCUT2D eigenvalue weighted by Gasteiger charge is 2.18. The third-order valence-corrected chi connectivity index (χ3v) is 5.69. The Bertz CT molecular complexity index is 545. The molecule has 90 valence electrons. The van der Waals surface area contributed by atoms with Crippen LogP contribution in [0.5, 0.6) is 0 Å². The molecule has 0 fully saturated rings. The highest BCUT2D eigenvalue weighted by atomic mass is 79.9. The molecule has 0 saturated heterocycles. The van der Waals surface area contributed by atoms with Crippen molar-refractivity contribution in [3.05, 3.63) is 55.2 Å². The summed E-state index contributed by atoms with van der Waals surface area (Å²) in [6, 6.07) is 8.42. The smallest absolute Gasteiger partial charge is 0.0941 e. The van der Waals surface area contributed by atoms with Gasteiger partial charge in [-0.2, -0.15) is 0 Å². The molecule has 1 aromatic heterocycles. The molecule has 0 aliphatic rings. The summed E-state index contributed by atoms with van der Waals surface area (Å²) in [6.45, 7) is 6.33. The van der Waals surface area contributed by atoms with E-state index in [4.69, 9.17) is 11.6 Å². The molecule has 1 heterocycles. The minimum atomic E-state index is -0.0667. The topological polar surface area (TPSA) is 0 Å². The zero-order valence-electron chi connectivity index (χ0n) is 10.1. The maximum Gasteiger partial charge on any atom is 0.0941 e. The molecule has 0 amide bonds. The van der Waals surface area contributed by atoms with Crippen LogP contribution in [-0.4, -0.2) is 0 Å². The second-order valence-electron chi connectivity index (χ2n) is 4.24. The highest BCUT2D eigenvalue weighted by molar-refractivity contribution is 9.10. The number of halogens is 2. The van der Waals surface area contributed by atoms with Gasteiger partial charge < -0.3 is 0 Å². The van der Waals surface area contributed by atoms with Gasteiger partial charge in [-0.1, -0.05) is 34.1 Å². The van der Waals surface area contributed by atoms with Gasteiger partial charge >= 0.3 is 0 Å². The van der Waals surface area contributed by atoms with E-state index in [1.165, 1.54) is 20.9 Å². The van der Waals surface area contributed by atoms with Crippen LogP contribution >= 0.6 is 38.9 Å². The van der Waals surface area contributed by atoms with E-state index >= 15 is 0 Å². The van der Waals surface area contributed by atoms with Crippen molar-refractivity contribution in [1.29, 1.82) is 0 Å². The molecule has 0 saturated carbocycles. The van der Waals surface area contributed by atoms with Gasteiger partial charge in [-0.25, -0.2) is 0 Å². The minimum absolute atomic E-state index is 0.0667. The maximum absolute atomic E-state index is 6.61. The van der Waals surface area contributed by atoms with Crippen molar-refractivity contribution in [2.75, 3.05) is 0 Å². The van der Waals surface area contributed by atoms with Crippen LogP contribution in [0.4, 0.5) is 0 Å². The van der Waals surface area contributed by atoms with Crippen molar-refractivity contribution in [3.8, 4) is 0 Å². The van der Waals surface area contributed by atoms with Gasteiger partial charge in [0, 0.05) is 14.2 Å². The first-order valence-corrected chi connectivity index (χ1v) is 7.51. The lowest BCUT2D eigenvalue weighted by atomic mass is 10.1. The predicted molar refractivity (Wildman–Crippen MR) is 80.4 cm³/mol. The van der Waals surface area contributed by atoms with E-state index in [9.17, 15) is 0 Å². The fourth-order valence-electron chi connectivity index (χ4n) is 1.92. The Morgan fingerprint density at radius 1 is 1.18 bits per heavy atom. The molecule has 17 heavy (non-hydrogen) atoms. The van der Waals surface area contributed by atoms with Gasteiger partial charge in [0.2, 0.25) is 0 Å². The molecular formula is C14H14BrClS. The number of aryl methyl sites for hydroxylation is 3. The van der Waals surface area contributed by atoms with E-state index in [0.717, 1.165) is 10.0 Å². The van der Waals surface area contributed by atoms with Crippen molar-refractivity contribution in [2.24, 2.45) is 0 Å². The van der Waals surface area contributed by atoms with E-state index in [-0.39, 0.29) is 5.38 Å². The monoisotopic (exact) mass is 328 g/mol.